The lowest BCUT2D eigenvalue weighted by molar-refractivity contribution is -0.385. The van der Waals surface area contributed by atoms with Crippen molar-refractivity contribution >= 4 is 17.4 Å². The molecule has 0 aliphatic rings. The van der Waals surface area contributed by atoms with E-state index in [1.54, 1.807) is 29.1 Å². The quantitative estimate of drug-likeness (QED) is 0.370. The van der Waals surface area contributed by atoms with Gasteiger partial charge in [0, 0.05) is 25.4 Å². The van der Waals surface area contributed by atoms with Crippen LogP contribution in [0.2, 0.25) is 0 Å². The Kier molecular flexibility index (Phi) is 5.36. The second kappa shape index (κ2) is 8.04. The summed E-state index contributed by atoms with van der Waals surface area (Å²) >= 11 is 0. The van der Waals surface area contributed by atoms with E-state index < -0.39 is 10.8 Å². The molecular weight excluding hydrogens is 350 g/mol. The SMILES string of the molecule is Cc1ccn(-c2ccc(NCCNC(=O)c3ccccc3[N+](=O)[O-])nn2)n1. The molecule has 10 nitrogen and oxygen atoms in total. The largest absolute Gasteiger partial charge is 0.367 e. The van der Waals surface area contributed by atoms with E-state index in [0.29, 0.717) is 18.2 Å². The summed E-state index contributed by atoms with van der Waals surface area (Å²) in [4.78, 5) is 22.5. The number of carbonyl (C=O) groups is 1. The Morgan fingerprint density at radius 3 is 2.63 bits per heavy atom. The Morgan fingerprint density at radius 1 is 1.15 bits per heavy atom. The first-order chi connectivity index (χ1) is 13.0. The highest BCUT2D eigenvalue weighted by Gasteiger charge is 2.18. The second-order valence-electron chi connectivity index (χ2n) is 5.64. The van der Waals surface area contributed by atoms with Crippen LogP contribution >= 0.6 is 0 Å². The summed E-state index contributed by atoms with van der Waals surface area (Å²) in [5, 5.41) is 29.0. The molecule has 0 radical (unpaired) electrons. The number of rotatable bonds is 7. The van der Waals surface area contributed by atoms with Crippen LogP contribution in [0.5, 0.6) is 0 Å². The van der Waals surface area contributed by atoms with E-state index >= 15 is 0 Å². The molecule has 0 atom stereocenters. The highest BCUT2D eigenvalue weighted by atomic mass is 16.6. The third kappa shape index (κ3) is 4.42. The number of nitro groups is 1. The number of aryl methyl sites for hydroxylation is 1. The lowest BCUT2D eigenvalue weighted by atomic mass is 10.1. The minimum Gasteiger partial charge on any atom is -0.367 e. The fourth-order valence-corrected chi connectivity index (χ4v) is 2.37. The third-order valence-corrected chi connectivity index (χ3v) is 3.67. The van der Waals surface area contributed by atoms with Gasteiger partial charge in [-0.05, 0) is 31.2 Å². The standard InChI is InChI=1S/C17H17N7O3/c1-12-8-11-23(22-12)16-7-6-15(20-21-16)18-9-10-19-17(25)13-4-2-3-5-14(13)24(26)27/h2-8,11H,9-10H2,1H3,(H,18,20)(H,19,25). The molecule has 3 aromatic rings. The molecule has 2 heterocycles. The Hall–Kier alpha value is -3.82. The summed E-state index contributed by atoms with van der Waals surface area (Å²) in [6, 6.07) is 11.2. The van der Waals surface area contributed by atoms with Crippen molar-refractivity contribution in [1.29, 1.82) is 0 Å². The lowest BCUT2D eigenvalue weighted by Gasteiger charge is -2.08. The molecule has 0 unspecified atom stereocenters. The van der Waals surface area contributed by atoms with Crippen LogP contribution in [-0.4, -0.2) is 43.9 Å². The molecule has 0 fully saturated rings. The van der Waals surface area contributed by atoms with Crippen LogP contribution in [0.4, 0.5) is 11.5 Å². The van der Waals surface area contributed by atoms with Crippen molar-refractivity contribution < 1.29 is 9.72 Å². The normalized spacial score (nSPS) is 10.4. The molecule has 0 bridgehead atoms. The van der Waals surface area contributed by atoms with Gasteiger partial charge in [-0.25, -0.2) is 4.68 Å². The van der Waals surface area contributed by atoms with E-state index in [1.807, 2.05) is 13.0 Å². The van der Waals surface area contributed by atoms with Gasteiger partial charge in [0.05, 0.1) is 10.6 Å². The zero-order valence-corrected chi connectivity index (χ0v) is 14.5. The number of anilines is 1. The Labute approximate surface area is 154 Å². The second-order valence-corrected chi connectivity index (χ2v) is 5.64. The molecule has 138 valence electrons. The van der Waals surface area contributed by atoms with Crippen LogP contribution in [0.3, 0.4) is 0 Å². The van der Waals surface area contributed by atoms with Crippen molar-refractivity contribution in [2.75, 3.05) is 18.4 Å². The summed E-state index contributed by atoms with van der Waals surface area (Å²) in [5.74, 6) is 0.639. The van der Waals surface area contributed by atoms with Crippen molar-refractivity contribution in [2.24, 2.45) is 0 Å². The van der Waals surface area contributed by atoms with Crippen molar-refractivity contribution in [2.45, 2.75) is 6.92 Å². The summed E-state index contributed by atoms with van der Waals surface area (Å²) in [6.07, 6.45) is 1.80. The smallest absolute Gasteiger partial charge is 0.282 e. The first-order valence-electron chi connectivity index (χ1n) is 8.16. The van der Waals surface area contributed by atoms with Gasteiger partial charge in [0.1, 0.15) is 11.4 Å². The van der Waals surface area contributed by atoms with Crippen LogP contribution in [0.15, 0.2) is 48.7 Å². The molecule has 0 spiro atoms. The van der Waals surface area contributed by atoms with Gasteiger partial charge in [0.2, 0.25) is 0 Å². The average Bonchev–Trinajstić information content (AvgIpc) is 3.12. The van der Waals surface area contributed by atoms with Crippen LogP contribution in [0, 0.1) is 17.0 Å². The molecule has 0 aliphatic heterocycles. The predicted octanol–water partition coefficient (Wildman–Crippen LogP) is 1.72. The van der Waals surface area contributed by atoms with Crippen molar-refractivity contribution in [1.82, 2.24) is 25.3 Å². The number of hydrogen-bond donors (Lipinski definition) is 2. The van der Waals surface area contributed by atoms with Crippen LogP contribution in [0.1, 0.15) is 16.1 Å². The van der Waals surface area contributed by atoms with Crippen molar-refractivity contribution in [3.63, 3.8) is 0 Å². The number of aromatic nitrogens is 4. The Balaban J connectivity index is 1.50. The molecule has 10 heteroatoms. The third-order valence-electron chi connectivity index (χ3n) is 3.67. The van der Waals surface area contributed by atoms with Gasteiger partial charge in [-0.1, -0.05) is 12.1 Å². The fraction of sp³-hybridized carbons (Fsp3) is 0.176. The van der Waals surface area contributed by atoms with Gasteiger partial charge in [0.25, 0.3) is 11.6 Å². The zero-order chi connectivity index (χ0) is 19.2. The zero-order valence-electron chi connectivity index (χ0n) is 14.5. The van der Waals surface area contributed by atoms with E-state index in [1.165, 1.54) is 18.2 Å². The van der Waals surface area contributed by atoms with Crippen molar-refractivity contribution in [3.8, 4) is 5.82 Å². The minimum atomic E-state index is -0.578. The topological polar surface area (TPSA) is 128 Å². The van der Waals surface area contributed by atoms with Crippen LogP contribution in [-0.2, 0) is 0 Å². The molecular formula is C17H17N7O3. The predicted molar refractivity (Wildman–Crippen MR) is 97.8 cm³/mol. The number of nitrogens with one attached hydrogen (secondary N) is 2. The van der Waals surface area contributed by atoms with Gasteiger partial charge in [-0.3, -0.25) is 14.9 Å². The number of nitrogens with zero attached hydrogens (tertiary/aromatic N) is 5. The van der Waals surface area contributed by atoms with Gasteiger partial charge in [-0.2, -0.15) is 5.10 Å². The number of nitro benzene ring substituents is 1. The molecule has 1 aromatic carbocycles. The van der Waals surface area contributed by atoms with Gasteiger partial charge in [-0.15, -0.1) is 10.2 Å². The maximum absolute atomic E-state index is 12.1. The maximum atomic E-state index is 12.1. The van der Waals surface area contributed by atoms with E-state index in [9.17, 15) is 14.9 Å². The Morgan fingerprint density at radius 2 is 1.96 bits per heavy atom. The number of amides is 1. The molecule has 0 saturated heterocycles. The number of carbonyl (C=O) groups excluding carboxylic acids is 1. The summed E-state index contributed by atoms with van der Waals surface area (Å²) < 4.78 is 1.62. The fourth-order valence-electron chi connectivity index (χ4n) is 2.37. The first kappa shape index (κ1) is 18.0. The molecule has 0 saturated carbocycles. The summed E-state index contributed by atoms with van der Waals surface area (Å²) in [7, 11) is 0. The monoisotopic (exact) mass is 367 g/mol. The van der Waals surface area contributed by atoms with E-state index in [-0.39, 0.29) is 17.8 Å². The molecule has 0 aliphatic carbocycles. The highest BCUT2D eigenvalue weighted by Crippen LogP contribution is 2.17. The Bertz CT molecular complexity index is 953. The lowest BCUT2D eigenvalue weighted by Crippen LogP contribution is -2.29. The molecule has 27 heavy (non-hydrogen) atoms. The molecule has 2 aromatic heterocycles. The minimum absolute atomic E-state index is 0.0289. The van der Waals surface area contributed by atoms with Crippen LogP contribution < -0.4 is 10.6 Å². The maximum Gasteiger partial charge on any atom is 0.282 e. The number of para-hydroxylation sites is 1. The highest BCUT2D eigenvalue weighted by molar-refractivity contribution is 5.98. The average molecular weight is 367 g/mol. The molecule has 1 amide bonds. The van der Waals surface area contributed by atoms with Crippen molar-refractivity contribution in [3.05, 3.63) is 70.0 Å². The van der Waals surface area contributed by atoms with E-state index in [0.717, 1.165) is 5.69 Å². The number of benzene rings is 1. The summed E-state index contributed by atoms with van der Waals surface area (Å²) in [6.45, 7) is 2.55. The molecule has 2 N–H and O–H groups in total. The molecule has 3 rings (SSSR count). The van der Waals surface area contributed by atoms with E-state index in [4.69, 9.17) is 0 Å². The van der Waals surface area contributed by atoms with Gasteiger partial charge >= 0.3 is 0 Å². The number of hydrogen-bond acceptors (Lipinski definition) is 7. The van der Waals surface area contributed by atoms with Gasteiger partial charge in [0.15, 0.2) is 5.82 Å². The van der Waals surface area contributed by atoms with Gasteiger partial charge < -0.3 is 10.6 Å². The first-order valence-corrected chi connectivity index (χ1v) is 8.16. The van der Waals surface area contributed by atoms with E-state index in [2.05, 4.69) is 25.9 Å². The summed E-state index contributed by atoms with van der Waals surface area (Å²) in [5.41, 5.74) is 0.688. The van der Waals surface area contributed by atoms with Crippen LogP contribution in [0.25, 0.3) is 5.82 Å².